The lowest BCUT2D eigenvalue weighted by molar-refractivity contribution is -0.140. The molecule has 0 saturated heterocycles. The fraction of sp³-hybridized carbons (Fsp3) is 0.481. The topological polar surface area (TPSA) is 85.4 Å². The molecule has 1 unspecified atom stereocenters. The Morgan fingerprint density at radius 2 is 2.09 bits per heavy atom. The van der Waals surface area contributed by atoms with Gasteiger partial charge in [0.15, 0.2) is 0 Å². The molecule has 6 nitrogen and oxygen atoms in total. The van der Waals surface area contributed by atoms with E-state index in [1.54, 1.807) is 12.3 Å². The Balaban J connectivity index is 1.33. The Morgan fingerprint density at radius 1 is 1.26 bits per heavy atom. The summed E-state index contributed by atoms with van der Waals surface area (Å²) in [5, 5.41) is 0. The summed E-state index contributed by atoms with van der Waals surface area (Å²) in [6.07, 6.45) is 10.2. The minimum atomic E-state index is -3.63. The number of allylic oxidation sites excluding steroid dienone is 2. The summed E-state index contributed by atoms with van der Waals surface area (Å²) >= 11 is 0. The number of esters is 1. The molecule has 3 aliphatic carbocycles. The number of nitrogens with one attached hydrogen (secondary N) is 1. The third kappa shape index (κ3) is 4.48. The summed E-state index contributed by atoms with van der Waals surface area (Å²) in [5.41, 5.74) is 5.20. The van der Waals surface area contributed by atoms with Gasteiger partial charge in [-0.25, -0.2) is 12.8 Å². The maximum Gasteiger partial charge on any atom is 0.306 e. The number of rotatable bonds is 6. The number of pyridine rings is 1. The average Bonchev–Trinajstić information content (AvgIpc) is 3.19. The molecule has 35 heavy (non-hydrogen) atoms. The van der Waals surface area contributed by atoms with Crippen LogP contribution in [-0.4, -0.2) is 32.2 Å². The first-order valence-electron chi connectivity index (χ1n) is 12.2. The van der Waals surface area contributed by atoms with E-state index in [0.717, 1.165) is 37.7 Å². The van der Waals surface area contributed by atoms with Crippen molar-refractivity contribution in [2.24, 2.45) is 17.3 Å². The molecule has 1 saturated carbocycles. The highest BCUT2D eigenvalue weighted by Gasteiger charge is 2.52. The summed E-state index contributed by atoms with van der Waals surface area (Å²) in [5.74, 6) is 0.336. The minimum Gasteiger partial charge on any atom is -0.469 e. The standard InChI is InChI=1S/C27H31FN2O4S/c1-27-11-9-22-21-6-4-20(30-35(32,33)12-10-26(31)34-2)14-17(21)3-5-23(22)25(27)8-7-24(27)18-13-19(28)16-29-15-18/h4,6-7,13-16,22-23,25,30H,3,5,8-12H2,1-2H3/t22?,23-,25+,27-/m1/s1. The SMILES string of the molecule is COC(=O)CCS(=O)(=O)Nc1ccc2c(c1)CC[C@@H]1C2CC[C@]2(C)C(c3cncc(F)c3)=CC[C@@H]12. The molecule has 2 aromatic rings. The predicted molar refractivity (Wildman–Crippen MR) is 133 cm³/mol. The highest BCUT2D eigenvalue weighted by molar-refractivity contribution is 7.92. The second-order valence-electron chi connectivity index (χ2n) is 10.3. The van der Waals surface area contributed by atoms with E-state index < -0.39 is 16.0 Å². The highest BCUT2D eigenvalue weighted by atomic mass is 32.2. The summed E-state index contributed by atoms with van der Waals surface area (Å²) in [7, 11) is -2.39. The molecule has 1 fully saturated rings. The third-order valence-corrected chi connectivity index (χ3v) is 9.69. The number of sulfonamides is 1. The molecule has 186 valence electrons. The van der Waals surface area contributed by atoms with E-state index in [1.807, 2.05) is 12.1 Å². The number of benzene rings is 1. The van der Waals surface area contributed by atoms with Crippen LogP contribution in [0.1, 0.15) is 61.6 Å². The number of hydrogen-bond acceptors (Lipinski definition) is 5. The van der Waals surface area contributed by atoms with Gasteiger partial charge in [0.05, 0.1) is 25.5 Å². The number of hydrogen-bond donors (Lipinski definition) is 1. The van der Waals surface area contributed by atoms with Crippen LogP contribution in [0.3, 0.4) is 0 Å². The quantitative estimate of drug-likeness (QED) is 0.562. The Bertz CT molecular complexity index is 1290. The number of aromatic nitrogens is 1. The lowest BCUT2D eigenvalue weighted by atomic mass is 9.54. The Labute approximate surface area is 206 Å². The number of anilines is 1. The van der Waals surface area contributed by atoms with Gasteiger partial charge < -0.3 is 4.74 Å². The van der Waals surface area contributed by atoms with Gasteiger partial charge in [-0.3, -0.25) is 14.5 Å². The molecule has 0 amide bonds. The molecule has 3 aliphatic rings. The molecule has 8 heteroatoms. The van der Waals surface area contributed by atoms with Crippen molar-refractivity contribution in [1.29, 1.82) is 0 Å². The normalized spacial score (nSPS) is 27.3. The molecule has 0 spiro atoms. The monoisotopic (exact) mass is 498 g/mol. The predicted octanol–water partition coefficient (Wildman–Crippen LogP) is 5.08. The first-order valence-corrected chi connectivity index (χ1v) is 13.9. The number of methoxy groups -OCH3 is 1. The van der Waals surface area contributed by atoms with E-state index in [-0.39, 0.29) is 23.4 Å². The highest BCUT2D eigenvalue weighted by Crippen LogP contribution is 2.63. The summed E-state index contributed by atoms with van der Waals surface area (Å²) in [6, 6.07) is 7.46. The molecule has 1 N–H and O–H groups in total. The van der Waals surface area contributed by atoms with Crippen LogP contribution in [0.5, 0.6) is 0 Å². The van der Waals surface area contributed by atoms with Gasteiger partial charge in [-0.2, -0.15) is 0 Å². The smallest absolute Gasteiger partial charge is 0.306 e. The van der Waals surface area contributed by atoms with Gasteiger partial charge in [0, 0.05) is 11.9 Å². The second kappa shape index (κ2) is 9.04. The van der Waals surface area contributed by atoms with Gasteiger partial charge in [-0.05, 0) is 95.7 Å². The number of halogens is 1. The van der Waals surface area contributed by atoms with Gasteiger partial charge in [0.25, 0.3) is 0 Å². The number of ether oxygens (including phenoxy) is 1. The zero-order chi connectivity index (χ0) is 24.8. The van der Waals surface area contributed by atoms with Gasteiger partial charge in [-0.15, -0.1) is 0 Å². The van der Waals surface area contributed by atoms with Crippen LogP contribution in [0.2, 0.25) is 0 Å². The molecule has 0 aliphatic heterocycles. The van der Waals surface area contributed by atoms with Crippen molar-refractivity contribution in [3.63, 3.8) is 0 Å². The van der Waals surface area contributed by atoms with E-state index >= 15 is 0 Å². The fourth-order valence-electron chi connectivity index (χ4n) is 6.77. The summed E-state index contributed by atoms with van der Waals surface area (Å²) < 4.78 is 45.8. The molecule has 1 heterocycles. The van der Waals surface area contributed by atoms with Crippen molar-refractivity contribution in [2.45, 2.75) is 51.4 Å². The lowest BCUT2D eigenvalue weighted by Gasteiger charge is -2.50. The molecule has 5 rings (SSSR count). The zero-order valence-electron chi connectivity index (χ0n) is 20.1. The molecule has 1 aromatic heterocycles. The number of aryl methyl sites for hydroxylation is 1. The van der Waals surface area contributed by atoms with Crippen LogP contribution >= 0.6 is 0 Å². The maximum atomic E-state index is 13.9. The third-order valence-electron chi connectivity index (χ3n) is 8.40. The van der Waals surface area contributed by atoms with E-state index in [4.69, 9.17) is 0 Å². The van der Waals surface area contributed by atoms with E-state index in [1.165, 1.54) is 30.0 Å². The molecule has 4 atom stereocenters. The number of nitrogens with zero attached hydrogens (tertiary/aromatic N) is 1. The van der Waals surface area contributed by atoms with Crippen LogP contribution < -0.4 is 4.72 Å². The van der Waals surface area contributed by atoms with Gasteiger partial charge in [0.2, 0.25) is 10.0 Å². The van der Waals surface area contributed by atoms with Crippen molar-refractivity contribution < 1.29 is 22.3 Å². The van der Waals surface area contributed by atoms with E-state index in [0.29, 0.717) is 23.4 Å². The first kappa shape index (κ1) is 24.0. The van der Waals surface area contributed by atoms with Crippen LogP contribution in [0.15, 0.2) is 42.7 Å². The van der Waals surface area contributed by atoms with Crippen molar-refractivity contribution in [3.8, 4) is 0 Å². The Morgan fingerprint density at radius 3 is 2.86 bits per heavy atom. The molecular weight excluding hydrogens is 467 g/mol. The van der Waals surface area contributed by atoms with Crippen molar-refractivity contribution in [3.05, 3.63) is 65.2 Å². The molecule has 0 radical (unpaired) electrons. The van der Waals surface area contributed by atoms with Gasteiger partial charge in [0.1, 0.15) is 5.82 Å². The largest absolute Gasteiger partial charge is 0.469 e. The van der Waals surface area contributed by atoms with Crippen LogP contribution in [-0.2, 0) is 26.0 Å². The first-order chi connectivity index (χ1) is 16.7. The van der Waals surface area contributed by atoms with Crippen LogP contribution in [0.25, 0.3) is 5.57 Å². The molecule has 0 bridgehead atoms. The summed E-state index contributed by atoms with van der Waals surface area (Å²) in [4.78, 5) is 15.4. The second-order valence-corrected chi connectivity index (χ2v) is 12.1. The number of carbonyl (C=O) groups excluding carboxylic acids is 1. The fourth-order valence-corrected chi connectivity index (χ4v) is 7.79. The van der Waals surface area contributed by atoms with Crippen molar-refractivity contribution in [1.82, 2.24) is 4.98 Å². The minimum absolute atomic E-state index is 0.0172. The Kier molecular flexibility index (Phi) is 6.20. The van der Waals surface area contributed by atoms with E-state index in [9.17, 15) is 17.6 Å². The van der Waals surface area contributed by atoms with Gasteiger partial charge in [-0.1, -0.05) is 19.1 Å². The molecular formula is C27H31FN2O4S. The van der Waals surface area contributed by atoms with Crippen LogP contribution in [0.4, 0.5) is 10.1 Å². The maximum absolute atomic E-state index is 13.9. The van der Waals surface area contributed by atoms with Crippen molar-refractivity contribution in [2.75, 3.05) is 17.6 Å². The van der Waals surface area contributed by atoms with Gasteiger partial charge >= 0.3 is 5.97 Å². The summed E-state index contributed by atoms with van der Waals surface area (Å²) in [6.45, 7) is 2.33. The van der Waals surface area contributed by atoms with Crippen molar-refractivity contribution >= 4 is 27.3 Å². The van der Waals surface area contributed by atoms with Crippen LogP contribution in [0, 0.1) is 23.1 Å². The zero-order valence-corrected chi connectivity index (χ0v) is 20.9. The number of carbonyl (C=O) groups is 1. The Hall–Kier alpha value is -2.74. The van der Waals surface area contributed by atoms with E-state index in [2.05, 4.69) is 33.5 Å². The average molecular weight is 499 g/mol. The number of fused-ring (bicyclic) bond motifs is 5. The lowest BCUT2D eigenvalue weighted by Crippen LogP contribution is -2.40. The molecule has 1 aromatic carbocycles.